The van der Waals surface area contributed by atoms with Crippen molar-refractivity contribution in [1.82, 2.24) is 15.7 Å². The van der Waals surface area contributed by atoms with Crippen LogP contribution in [0.5, 0.6) is 0 Å². The Hall–Kier alpha value is -1.44. The number of hydrogen-bond donors (Lipinski definition) is 3. The van der Waals surface area contributed by atoms with Crippen LogP contribution in [0.3, 0.4) is 0 Å². The quantitative estimate of drug-likeness (QED) is 0.448. The van der Waals surface area contributed by atoms with Crippen molar-refractivity contribution in [3.8, 4) is 0 Å². The molecule has 0 atom stereocenters. The third kappa shape index (κ3) is 4.30. The van der Waals surface area contributed by atoms with Crippen LogP contribution in [-0.4, -0.2) is 11.0 Å². The minimum absolute atomic E-state index is 0.368. The molecule has 2 aromatic rings. The van der Waals surface area contributed by atoms with Gasteiger partial charge in [0.15, 0.2) is 0 Å². The minimum Gasteiger partial charge on any atom is -0.332 e. The summed E-state index contributed by atoms with van der Waals surface area (Å²) in [6.45, 7) is 2.52. The van der Waals surface area contributed by atoms with E-state index in [-0.39, 0.29) is 6.03 Å². The molecule has 2 aromatic heterocycles. The molecule has 0 saturated heterocycles. The molecule has 0 bridgehead atoms. The molecule has 0 spiro atoms. The first-order chi connectivity index (χ1) is 9.17. The number of rotatable bonds is 5. The van der Waals surface area contributed by atoms with Gasteiger partial charge in [0.1, 0.15) is 0 Å². The van der Waals surface area contributed by atoms with Gasteiger partial charge in [-0.3, -0.25) is 5.43 Å². The molecule has 0 radical (unpaired) electrons. The highest BCUT2D eigenvalue weighted by Crippen LogP contribution is 2.19. The van der Waals surface area contributed by atoms with Gasteiger partial charge < -0.3 is 5.32 Å². The lowest BCUT2D eigenvalue weighted by molar-refractivity contribution is 0.241. The van der Waals surface area contributed by atoms with Crippen molar-refractivity contribution in [2.75, 3.05) is 0 Å². The zero-order valence-electron chi connectivity index (χ0n) is 10.6. The van der Waals surface area contributed by atoms with E-state index in [1.54, 1.807) is 22.7 Å². The average molecular weight is 296 g/mol. The highest BCUT2D eigenvalue weighted by atomic mass is 32.1. The molecule has 4 N–H and O–H groups in total. The predicted molar refractivity (Wildman–Crippen MR) is 78.1 cm³/mol. The number of urea groups is 1. The van der Waals surface area contributed by atoms with Crippen molar-refractivity contribution >= 4 is 28.7 Å². The fourth-order valence-corrected chi connectivity index (χ4v) is 3.25. The number of carbonyl (C=O) groups is 1. The van der Waals surface area contributed by atoms with Gasteiger partial charge >= 0.3 is 6.03 Å². The van der Waals surface area contributed by atoms with Crippen molar-refractivity contribution < 1.29 is 4.79 Å². The minimum atomic E-state index is -0.368. The first kappa shape index (κ1) is 14.0. The van der Waals surface area contributed by atoms with E-state index in [4.69, 9.17) is 5.84 Å². The molecule has 0 aliphatic carbocycles. The maximum atomic E-state index is 11.0. The van der Waals surface area contributed by atoms with E-state index >= 15 is 0 Å². The number of amides is 2. The molecular weight excluding hydrogens is 280 g/mol. The Kier molecular flexibility index (Phi) is 4.89. The lowest BCUT2D eigenvalue weighted by Crippen LogP contribution is -2.39. The summed E-state index contributed by atoms with van der Waals surface area (Å²) >= 11 is 3.39. The molecule has 5 nitrogen and oxygen atoms in total. The summed E-state index contributed by atoms with van der Waals surface area (Å²) in [6, 6.07) is 3.76. The number of nitrogens with zero attached hydrogens (tertiary/aromatic N) is 1. The van der Waals surface area contributed by atoms with Gasteiger partial charge in [-0.1, -0.05) is 0 Å². The Morgan fingerprint density at radius 1 is 1.37 bits per heavy atom. The number of hydrazine groups is 1. The Balaban J connectivity index is 1.82. The number of hydrogen-bond acceptors (Lipinski definition) is 5. The number of nitrogens with two attached hydrogens (primary N) is 1. The lowest BCUT2D eigenvalue weighted by atomic mass is 10.2. The molecular formula is C12H16N4OS2. The van der Waals surface area contributed by atoms with Gasteiger partial charge in [-0.15, -0.1) is 22.7 Å². The second-order valence-electron chi connectivity index (χ2n) is 4.05. The van der Waals surface area contributed by atoms with E-state index in [1.165, 1.54) is 4.88 Å². The summed E-state index contributed by atoms with van der Waals surface area (Å²) in [6.07, 6.45) is 1.94. The van der Waals surface area contributed by atoms with E-state index in [0.717, 1.165) is 28.4 Å². The molecule has 102 valence electrons. The van der Waals surface area contributed by atoms with E-state index in [0.29, 0.717) is 6.54 Å². The van der Waals surface area contributed by atoms with Crippen LogP contribution in [0.25, 0.3) is 0 Å². The second-order valence-corrected chi connectivity index (χ2v) is 6.37. The van der Waals surface area contributed by atoms with Crippen LogP contribution in [0.1, 0.15) is 20.5 Å². The summed E-state index contributed by atoms with van der Waals surface area (Å²) < 4.78 is 0. The molecule has 7 heteroatoms. The Bertz CT molecular complexity index is 549. The number of nitrogens with one attached hydrogen (secondary N) is 2. The topological polar surface area (TPSA) is 80.0 Å². The van der Waals surface area contributed by atoms with Crippen LogP contribution in [0.2, 0.25) is 0 Å². The first-order valence-electron chi connectivity index (χ1n) is 5.90. The normalized spacial score (nSPS) is 10.4. The predicted octanol–water partition coefficient (Wildman–Crippen LogP) is 1.97. The third-order valence-electron chi connectivity index (χ3n) is 2.57. The molecule has 0 aliphatic rings. The third-order valence-corrected chi connectivity index (χ3v) is 4.53. The van der Waals surface area contributed by atoms with Gasteiger partial charge in [0.25, 0.3) is 0 Å². The number of aromatic nitrogens is 1. The zero-order chi connectivity index (χ0) is 13.7. The maximum Gasteiger partial charge on any atom is 0.329 e. The Morgan fingerprint density at radius 3 is 2.84 bits per heavy atom. The molecule has 19 heavy (non-hydrogen) atoms. The van der Waals surface area contributed by atoms with Crippen LogP contribution in [0.15, 0.2) is 17.5 Å². The zero-order valence-corrected chi connectivity index (χ0v) is 12.2. The summed E-state index contributed by atoms with van der Waals surface area (Å²) in [4.78, 5) is 17.8. The monoisotopic (exact) mass is 296 g/mol. The van der Waals surface area contributed by atoms with Crippen LogP contribution in [0.4, 0.5) is 4.79 Å². The molecule has 0 aliphatic heterocycles. The number of thiazole rings is 1. The lowest BCUT2D eigenvalue weighted by Gasteiger charge is -2.00. The van der Waals surface area contributed by atoms with Gasteiger partial charge in [0.05, 0.1) is 17.2 Å². The standard InChI is InChI=1S/C12H16N4OS2/c1-8-15-9(7-18-8)2-3-10-4-5-11(19-10)6-14-12(17)16-13/h4-5,7H,2-3,6,13H2,1H3,(H2,14,16,17). The largest absolute Gasteiger partial charge is 0.332 e. The van der Waals surface area contributed by atoms with Crippen LogP contribution in [0, 0.1) is 6.92 Å². The van der Waals surface area contributed by atoms with Gasteiger partial charge in [-0.05, 0) is 31.9 Å². The van der Waals surface area contributed by atoms with Crippen LogP contribution < -0.4 is 16.6 Å². The number of thiophene rings is 1. The molecule has 2 amide bonds. The van der Waals surface area contributed by atoms with Crippen LogP contribution >= 0.6 is 22.7 Å². The molecule has 2 heterocycles. The van der Waals surface area contributed by atoms with Crippen molar-refractivity contribution in [3.63, 3.8) is 0 Å². The van der Waals surface area contributed by atoms with Crippen LogP contribution in [-0.2, 0) is 19.4 Å². The Morgan fingerprint density at radius 2 is 2.16 bits per heavy atom. The van der Waals surface area contributed by atoms with Crippen molar-refractivity contribution in [2.24, 2.45) is 5.84 Å². The van der Waals surface area contributed by atoms with Gasteiger partial charge in [-0.2, -0.15) is 0 Å². The summed E-state index contributed by atoms with van der Waals surface area (Å²) in [5.74, 6) is 4.99. The van der Waals surface area contributed by atoms with E-state index in [2.05, 4.69) is 21.7 Å². The van der Waals surface area contributed by atoms with E-state index in [9.17, 15) is 4.79 Å². The average Bonchev–Trinajstić information content (AvgIpc) is 3.02. The SMILES string of the molecule is Cc1nc(CCc2ccc(CNC(=O)NN)s2)cs1. The molecule has 0 fully saturated rings. The highest BCUT2D eigenvalue weighted by Gasteiger charge is 2.04. The van der Waals surface area contributed by atoms with Gasteiger partial charge in [0, 0.05) is 15.1 Å². The van der Waals surface area contributed by atoms with E-state index < -0.39 is 0 Å². The van der Waals surface area contributed by atoms with Crippen molar-refractivity contribution in [1.29, 1.82) is 0 Å². The highest BCUT2D eigenvalue weighted by molar-refractivity contribution is 7.12. The van der Waals surface area contributed by atoms with E-state index in [1.807, 2.05) is 18.4 Å². The molecule has 0 saturated carbocycles. The van der Waals surface area contributed by atoms with Gasteiger partial charge in [0.2, 0.25) is 0 Å². The summed E-state index contributed by atoms with van der Waals surface area (Å²) in [5, 5.41) is 5.88. The van der Waals surface area contributed by atoms with Crippen molar-refractivity contribution in [3.05, 3.63) is 38.0 Å². The fraction of sp³-hybridized carbons (Fsp3) is 0.333. The van der Waals surface area contributed by atoms with Gasteiger partial charge in [-0.25, -0.2) is 15.6 Å². The Labute approximate surface area is 119 Å². The second kappa shape index (κ2) is 6.65. The summed E-state index contributed by atoms with van der Waals surface area (Å²) in [5.41, 5.74) is 3.19. The molecule has 0 unspecified atom stereocenters. The number of aryl methyl sites for hydroxylation is 3. The molecule has 0 aromatic carbocycles. The number of carbonyl (C=O) groups excluding carboxylic acids is 1. The summed E-state index contributed by atoms with van der Waals surface area (Å²) in [7, 11) is 0. The van der Waals surface area contributed by atoms with Crippen molar-refractivity contribution in [2.45, 2.75) is 26.3 Å². The smallest absolute Gasteiger partial charge is 0.329 e. The fourth-order valence-electron chi connectivity index (χ4n) is 1.64. The maximum absolute atomic E-state index is 11.0. The first-order valence-corrected chi connectivity index (χ1v) is 7.60. The molecule has 2 rings (SSSR count).